The highest BCUT2D eigenvalue weighted by Crippen LogP contribution is 2.23. The van der Waals surface area contributed by atoms with E-state index in [0.29, 0.717) is 29.2 Å². The van der Waals surface area contributed by atoms with Crippen molar-refractivity contribution < 1.29 is 14.3 Å². The van der Waals surface area contributed by atoms with Gasteiger partial charge in [0.2, 0.25) is 5.91 Å². The number of anilines is 1. The predicted molar refractivity (Wildman–Crippen MR) is 94.6 cm³/mol. The molecule has 1 aliphatic heterocycles. The van der Waals surface area contributed by atoms with Crippen molar-refractivity contribution in [3.63, 3.8) is 0 Å². The van der Waals surface area contributed by atoms with Crippen molar-refractivity contribution in [3.05, 3.63) is 28.8 Å². The van der Waals surface area contributed by atoms with Crippen LogP contribution >= 0.6 is 11.6 Å². The lowest BCUT2D eigenvalue weighted by molar-refractivity contribution is -0.132. The van der Waals surface area contributed by atoms with Gasteiger partial charge in [0.05, 0.1) is 23.4 Å². The third-order valence-corrected chi connectivity index (χ3v) is 4.54. The zero-order valence-electron chi connectivity index (χ0n) is 14.2. The first kappa shape index (κ1) is 18.5. The molecule has 1 fully saturated rings. The van der Waals surface area contributed by atoms with Gasteiger partial charge in [0.25, 0.3) is 0 Å². The van der Waals surface area contributed by atoms with Gasteiger partial charge in [-0.15, -0.1) is 0 Å². The number of piperazine rings is 1. The van der Waals surface area contributed by atoms with Gasteiger partial charge in [0.15, 0.2) is 0 Å². The van der Waals surface area contributed by atoms with Crippen LogP contribution in [0, 0.1) is 0 Å². The molecule has 7 heteroatoms. The SMILES string of the molecule is CCN1CCN(C(=O)CCNc2cc(C(=O)OC)ccc2Cl)CC1. The summed E-state index contributed by atoms with van der Waals surface area (Å²) < 4.78 is 4.70. The highest BCUT2D eigenvalue weighted by Gasteiger charge is 2.19. The Morgan fingerprint density at radius 2 is 1.96 bits per heavy atom. The van der Waals surface area contributed by atoms with Crippen LogP contribution in [0.5, 0.6) is 0 Å². The van der Waals surface area contributed by atoms with Gasteiger partial charge >= 0.3 is 5.97 Å². The fourth-order valence-corrected chi connectivity index (χ4v) is 2.87. The normalized spacial score (nSPS) is 15.2. The third kappa shape index (κ3) is 4.85. The van der Waals surface area contributed by atoms with Gasteiger partial charge < -0.3 is 19.9 Å². The summed E-state index contributed by atoms with van der Waals surface area (Å²) in [7, 11) is 1.33. The van der Waals surface area contributed by atoms with Crippen LogP contribution in [0.4, 0.5) is 5.69 Å². The minimum Gasteiger partial charge on any atom is -0.465 e. The van der Waals surface area contributed by atoms with E-state index in [-0.39, 0.29) is 5.91 Å². The van der Waals surface area contributed by atoms with Crippen molar-refractivity contribution >= 4 is 29.2 Å². The molecule has 132 valence electrons. The highest BCUT2D eigenvalue weighted by molar-refractivity contribution is 6.33. The largest absolute Gasteiger partial charge is 0.465 e. The van der Waals surface area contributed by atoms with Crippen molar-refractivity contribution in [2.45, 2.75) is 13.3 Å². The number of rotatable bonds is 6. The standard InChI is InChI=1S/C17H24ClN3O3/c1-3-20-8-10-21(11-9-20)16(22)6-7-19-15-12-13(17(23)24-2)4-5-14(15)18/h4-5,12,19H,3,6-11H2,1-2H3. The lowest BCUT2D eigenvalue weighted by Crippen LogP contribution is -2.48. The molecule has 1 aromatic carbocycles. The Labute approximate surface area is 147 Å². The van der Waals surface area contributed by atoms with Crippen LogP contribution < -0.4 is 5.32 Å². The maximum absolute atomic E-state index is 12.3. The molecular formula is C17H24ClN3O3. The smallest absolute Gasteiger partial charge is 0.337 e. The van der Waals surface area contributed by atoms with Gasteiger partial charge in [0, 0.05) is 39.1 Å². The van der Waals surface area contributed by atoms with Gasteiger partial charge in [-0.05, 0) is 24.7 Å². The Morgan fingerprint density at radius 3 is 2.58 bits per heavy atom. The molecule has 0 aliphatic carbocycles. The Morgan fingerprint density at radius 1 is 1.25 bits per heavy atom. The van der Waals surface area contributed by atoms with E-state index in [0.717, 1.165) is 32.7 Å². The number of carbonyl (C=O) groups is 2. The van der Waals surface area contributed by atoms with Crippen LogP contribution in [0.15, 0.2) is 18.2 Å². The van der Waals surface area contributed by atoms with Crippen LogP contribution in [0.25, 0.3) is 0 Å². The molecule has 0 radical (unpaired) electrons. The number of hydrogen-bond acceptors (Lipinski definition) is 5. The Kier molecular flexibility index (Phi) is 6.87. The summed E-state index contributed by atoms with van der Waals surface area (Å²) in [5.41, 5.74) is 1.05. The van der Waals surface area contributed by atoms with Crippen LogP contribution in [0.2, 0.25) is 5.02 Å². The summed E-state index contributed by atoms with van der Waals surface area (Å²) in [6.45, 7) is 7.06. The zero-order chi connectivity index (χ0) is 17.5. The van der Waals surface area contributed by atoms with E-state index in [1.807, 2.05) is 4.90 Å². The van der Waals surface area contributed by atoms with E-state index in [4.69, 9.17) is 16.3 Å². The average molecular weight is 354 g/mol. The molecule has 24 heavy (non-hydrogen) atoms. The molecule has 6 nitrogen and oxygen atoms in total. The molecular weight excluding hydrogens is 330 g/mol. The molecule has 0 unspecified atom stereocenters. The van der Waals surface area contributed by atoms with Gasteiger partial charge in [-0.3, -0.25) is 4.79 Å². The first-order valence-corrected chi connectivity index (χ1v) is 8.54. The number of esters is 1. The molecule has 1 saturated heterocycles. The van der Waals surface area contributed by atoms with Crippen LogP contribution in [0.3, 0.4) is 0 Å². The monoisotopic (exact) mass is 353 g/mol. The molecule has 1 heterocycles. The maximum atomic E-state index is 12.3. The second-order valence-corrected chi connectivity index (χ2v) is 6.09. The summed E-state index contributed by atoms with van der Waals surface area (Å²) >= 11 is 6.12. The topological polar surface area (TPSA) is 61.9 Å². The number of amides is 1. The van der Waals surface area contributed by atoms with Gasteiger partial charge in [0.1, 0.15) is 0 Å². The fraction of sp³-hybridized carbons (Fsp3) is 0.529. The average Bonchev–Trinajstić information content (AvgIpc) is 2.62. The van der Waals surface area contributed by atoms with Gasteiger partial charge in [-0.1, -0.05) is 18.5 Å². The second kappa shape index (κ2) is 8.89. The fourth-order valence-electron chi connectivity index (χ4n) is 2.68. The summed E-state index contributed by atoms with van der Waals surface area (Å²) in [6.07, 6.45) is 0.394. The van der Waals surface area contributed by atoms with Crippen LogP contribution in [0.1, 0.15) is 23.7 Å². The van der Waals surface area contributed by atoms with Crippen molar-refractivity contribution in [2.24, 2.45) is 0 Å². The predicted octanol–water partition coefficient (Wildman–Crippen LogP) is 2.09. The van der Waals surface area contributed by atoms with Crippen LogP contribution in [-0.2, 0) is 9.53 Å². The lowest BCUT2D eigenvalue weighted by atomic mass is 10.2. The maximum Gasteiger partial charge on any atom is 0.337 e. The molecule has 0 saturated carbocycles. The summed E-state index contributed by atoms with van der Waals surface area (Å²) in [5, 5.41) is 3.63. The second-order valence-electron chi connectivity index (χ2n) is 5.68. The van der Waals surface area contributed by atoms with E-state index >= 15 is 0 Å². The van der Waals surface area contributed by atoms with Gasteiger partial charge in [-0.25, -0.2) is 4.79 Å². The number of nitrogens with one attached hydrogen (secondary N) is 1. The highest BCUT2D eigenvalue weighted by atomic mass is 35.5. The number of likely N-dealkylation sites (N-methyl/N-ethyl adjacent to an activating group) is 1. The third-order valence-electron chi connectivity index (χ3n) is 4.21. The molecule has 1 aliphatic rings. The van der Waals surface area contributed by atoms with E-state index < -0.39 is 5.97 Å². The summed E-state index contributed by atoms with van der Waals surface area (Å²) in [6, 6.07) is 4.89. The molecule has 0 spiro atoms. The van der Waals surface area contributed by atoms with Crippen molar-refractivity contribution in [1.29, 1.82) is 0 Å². The lowest BCUT2D eigenvalue weighted by Gasteiger charge is -2.34. The summed E-state index contributed by atoms with van der Waals surface area (Å²) in [4.78, 5) is 28.0. The number of benzene rings is 1. The molecule has 2 rings (SSSR count). The van der Waals surface area contributed by atoms with Crippen molar-refractivity contribution in [3.8, 4) is 0 Å². The Bertz CT molecular complexity index is 586. The first-order chi connectivity index (χ1) is 11.5. The number of carbonyl (C=O) groups excluding carboxylic acids is 2. The molecule has 1 N–H and O–H groups in total. The minimum absolute atomic E-state index is 0.137. The van der Waals surface area contributed by atoms with Crippen molar-refractivity contribution in [2.75, 3.05) is 51.7 Å². The van der Waals surface area contributed by atoms with E-state index in [9.17, 15) is 9.59 Å². The van der Waals surface area contributed by atoms with Crippen LogP contribution in [-0.4, -0.2) is 68.1 Å². The number of nitrogens with zero attached hydrogens (tertiary/aromatic N) is 2. The van der Waals surface area contributed by atoms with E-state index in [1.54, 1.807) is 18.2 Å². The minimum atomic E-state index is -0.417. The van der Waals surface area contributed by atoms with E-state index in [2.05, 4.69) is 17.1 Å². The number of halogens is 1. The Balaban J connectivity index is 1.83. The molecule has 1 amide bonds. The van der Waals surface area contributed by atoms with E-state index in [1.165, 1.54) is 7.11 Å². The quantitative estimate of drug-likeness (QED) is 0.793. The molecule has 0 atom stereocenters. The number of methoxy groups -OCH3 is 1. The number of ether oxygens (including phenoxy) is 1. The molecule has 0 bridgehead atoms. The zero-order valence-corrected chi connectivity index (χ0v) is 14.9. The number of hydrogen-bond donors (Lipinski definition) is 1. The van der Waals surface area contributed by atoms with Crippen molar-refractivity contribution in [1.82, 2.24) is 9.80 Å². The Hall–Kier alpha value is -1.79. The first-order valence-electron chi connectivity index (χ1n) is 8.17. The van der Waals surface area contributed by atoms with Gasteiger partial charge in [-0.2, -0.15) is 0 Å². The molecule has 1 aromatic rings. The molecule has 0 aromatic heterocycles. The summed E-state index contributed by atoms with van der Waals surface area (Å²) in [5.74, 6) is -0.280.